The van der Waals surface area contributed by atoms with E-state index in [4.69, 9.17) is 9.47 Å². The largest absolute Gasteiger partial charge is 0.486 e. The minimum absolute atomic E-state index is 0.100. The van der Waals surface area contributed by atoms with E-state index in [9.17, 15) is 4.79 Å². The number of fused-ring (bicyclic) bond motifs is 1. The minimum atomic E-state index is 0.100. The standard InChI is InChI=1S/C15H16N2O3/c1-17-12(6-7-16-17)3-4-13(18)11-2-5-14-15(10-11)20-9-8-19-14/h2,5-7,10H,3-4,8-9H2,1H3. The van der Waals surface area contributed by atoms with Gasteiger partial charge in [0.1, 0.15) is 13.2 Å². The van der Waals surface area contributed by atoms with Crippen molar-refractivity contribution in [3.63, 3.8) is 0 Å². The van der Waals surface area contributed by atoms with Gasteiger partial charge in [0, 0.05) is 30.9 Å². The molecule has 0 spiro atoms. The molecule has 2 aromatic rings. The molecule has 3 rings (SSSR count). The Kier molecular flexibility index (Phi) is 3.41. The number of ether oxygens (including phenoxy) is 2. The fourth-order valence-corrected chi connectivity index (χ4v) is 2.25. The number of ketones is 1. The van der Waals surface area contributed by atoms with Crippen LogP contribution in [0.15, 0.2) is 30.5 Å². The predicted molar refractivity (Wildman–Crippen MR) is 73.3 cm³/mol. The smallest absolute Gasteiger partial charge is 0.163 e. The first-order valence-electron chi connectivity index (χ1n) is 6.64. The number of carbonyl (C=O) groups is 1. The Labute approximate surface area is 117 Å². The van der Waals surface area contributed by atoms with Crippen LogP contribution in [0.5, 0.6) is 11.5 Å². The van der Waals surface area contributed by atoms with E-state index in [1.54, 1.807) is 29.1 Å². The van der Waals surface area contributed by atoms with E-state index in [-0.39, 0.29) is 5.78 Å². The monoisotopic (exact) mass is 272 g/mol. The number of hydrogen-bond acceptors (Lipinski definition) is 4. The quantitative estimate of drug-likeness (QED) is 0.799. The maximum atomic E-state index is 12.2. The number of nitrogens with zero attached hydrogens (tertiary/aromatic N) is 2. The SMILES string of the molecule is Cn1nccc1CCC(=O)c1ccc2c(c1)OCCO2. The van der Waals surface area contributed by atoms with E-state index in [0.29, 0.717) is 43.1 Å². The molecule has 0 radical (unpaired) electrons. The molecule has 0 aliphatic carbocycles. The molecular formula is C15H16N2O3. The summed E-state index contributed by atoms with van der Waals surface area (Å²) in [5.41, 5.74) is 1.72. The van der Waals surface area contributed by atoms with E-state index in [1.807, 2.05) is 13.1 Å². The van der Waals surface area contributed by atoms with Gasteiger partial charge >= 0.3 is 0 Å². The van der Waals surface area contributed by atoms with Crippen molar-refractivity contribution in [1.82, 2.24) is 9.78 Å². The van der Waals surface area contributed by atoms with Crippen LogP contribution in [0.1, 0.15) is 22.5 Å². The second-order valence-corrected chi connectivity index (χ2v) is 4.73. The van der Waals surface area contributed by atoms with Crippen LogP contribution >= 0.6 is 0 Å². The van der Waals surface area contributed by atoms with Gasteiger partial charge in [-0.05, 0) is 30.7 Å². The summed E-state index contributed by atoms with van der Waals surface area (Å²) >= 11 is 0. The summed E-state index contributed by atoms with van der Waals surface area (Å²) in [6, 6.07) is 7.28. The first-order chi connectivity index (χ1) is 9.74. The first kappa shape index (κ1) is 12.7. The van der Waals surface area contributed by atoms with Crippen LogP contribution in [-0.4, -0.2) is 28.8 Å². The molecule has 0 unspecified atom stereocenters. The van der Waals surface area contributed by atoms with Crippen molar-refractivity contribution in [2.75, 3.05) is 13.2 Å². The molecule has 1 aromatic carbocycles. The number of rotatable bonds is 4. The van der Waals surface area contributed by atoms with Crippen molar-refractivity contribution < 1.29 is 14.3 Å². The van der Waals surface area contributed by atoms with Gasteiger partial charge in [-0.3, -0.25) is 9.48 Å². The van der Waals surface area contributed by atoms with Gasteiger partial charge in [-0.25, -0.2) is 0 Å². The third kappa shape index (κ3) is 2.52. The Hall–Kier alpha value is -2.30. The molecule has 0 saturated heterocycles. The maximum Gasteiger partial charge on any atom is 0.163 e. The molecule has 0 atom stereocenters. The average Bonchev–Trinajstić information content (AvgIpc) is 2.89. The molecule has 104 valence electrons. The Morgan fingerprint density at radius 2 is 2.05 bits per heavy atom. The second kappa shape index (κ2) is 5.36. The van der Waals surface area contributed by atoms with E-state index < -0.39 is 0 Å². The van der Waals surface area contributed by atoms with Crippen LogP contribution in [-0.2, 0) is 13.5 Å². The van der Waals surface area contributed by atoms with Gasteiger partial charge in [-0.2, -0.15) is 5.10 Å². The number of benzene rings is 1. The zero-order valence-corrected chi connectivity index (χ0v) is 11.3. The Bertz CT molecular complexity index is 634. The molecule has 2 heterocycles. The number of aromatic nitrogens is 2. The van der Waals surface area contributed by atoms with Crippen molar-refractivity contribution in [2.45, 2.75) is 12.8 Å². The molecule has 0 N–H and O–H groups in total. The van der Waals surface area contributed by atoms with Crippen LogP contribution in [0.2, 0.25) is 0 Å². The van der Waals surface area contributed by atoms with Gasteiger partial charge in [-0.15, -0.1) is 0 Å². The molecule has 0 bridgehead atoms. The third-order valence-corrected chi connectivity index (χ3v) is 3.39. The predicted octanol–water partition coefficient (Wildman–Crippen LogP) is 2.01. The highest BCUT2D eigenvalue weighted by Crippen LogP contribution is 2.31. The highest BCUT2D eigenvalue weighted by molar-refractivity contribution is 5.96. The summed E-state index contributed by atoms with van der Waals surface area (Å²) in [5.74, 6) is 1.46. The van der Waals surface area contributed by atoms with Gasteiger partial charge in [0.2, 0.25) is 0 Å². The Morgan fingerprint density at radius 1 is 1.25 bits per heavy atom. The lowest BCUT2D eigenvalue weighted by Crippen LogP contribution is -2.15. The fraction of sp³-hybridized carbons (Fsp3) is 0.333. The van der Waals surface area contributed by atoms with Crippen LogP contribution in [0, 0.1) is 0 Å². The molecule has 0 fully saturated rings. The van der Waals surface area contributed by atoms with Gasteiger partial charge in [0.05, 0.1) is 0 Å². The topological polar surface area (TPSA) is 53.4 Å². The van der Waals surface area contributed by atoms with E-state index in [0.717, 1.165) is 5.69 Å². The minimum Gasteiger partial charge on any atom is -0.486 e. The highest BCUT2D eigenvalue weighted by Gasteiger charge is 2.15. The lowest BCUT2D eigenvalue weighted by atomic mass is 10.0. The summed E-state index contributed by atoms with van der Waals surface area (Å²) in [4.78, 5) is 12.2. The van der Waals surface area contributed by atoms with E-state index in [2.05, 4.69) is 5.10 Å². The molecule has 0 saturated carbocycles. The van der Waals surface area contributed by atoms with Crippen LogP contribution < -0.4 is 9.47 Å². The third-order valence-electron chi connectivity index (χ3n) is 3.39. The van der Waals surface area contributed by atoms with Gasteiger partial charge in [0.25, 0.3) is 0 Å². The number of aryl methyl sites for hydroxylation is 2. The zero-order valence-electron chi connectivity index (χ0n) is 11.3. The van der Waals surface area contributed by atoms with Crippen LogP contribution in [0.3, 0.4) is 0 Å². The Morgan fingerprint density at radius 3 is 2.80 bits per heavy atom. The number of carbonyl (C=O) groups excluding carboxylic acids is 1. The van der Waals surface area contributed by atoms with Crippen molar-refractivity contribution in [3.8, 4) is 11.5 Å². The second-order valence-electron chi connectivity index (χ2n) is 4.73. The summed E-state index contributed by atoms with van der Waals surface area (Å²) in [7, 11) is 1.88. The molecule has 1 aliphatic heterocycles. The average molecular weight is 272 g/mol. The lowest BCUT2D eigenvalue weighted by Gasteiger charge is -2.18. The Balaban J connectivity index is 1.69. The first-order valence-corrected chi connectivity index (χ1v) is 6.64. The zero-order chi connectivity index (χ0) is 13.9. The van der Waals surface area contributed by atoms with Crippen LogP contribution in [0.25, 0.3) is 0 Å². The summed E-state index contributed by atoms with van der Waals surface area (Å²) in [6.45, 7) is 1.08. The van der Waals surface area contributed by atoms with Crippen LogP contribution in [0.4, 0.5) is 0 Å². The van der Waals surface area contributed by atoms with Crippen molar-refractivity contribution in [3.05, 3.63) is 41.7 Å². The number of hydrogen-bond donors (Lipinski definition) is 0. The highest BCUT2D eigenvalue weighted by atomic mass is 16.6. The normalized spacial score (nSPS) is 13.2. The van der Waals surface area contributed by atoms with Gasteiger partial charge in [0.15, 0.2) is 17.3 Å². The maximum absolute atomic E-state index is 12.2. The molecule has 0 amide bonds. The van der Waals surface area contributed by atoms with Gasteiger partial charge < -0.3 is 9.47 Å². The van der Waals surface area contributed by atoms with Gasteiger partial charge in [-0.1, -0.05) is 0 Å². The van der Waals surface area contributed by atoms with Crippen molar-refractivity contribution in [1.29, 1.82) is 0 Å². The summed E-state index contributed by atoms with van der Waals surface area (Å²) in [6.07, 6.45) is 2.88. The molecule has 1 aromatic heterocycles. The summed E-state index contributed by atoms with van der Waals surface area (Å²) < 4.78 is 12.7. The lowest BCUT2D eigenvalue weighted by molar-refractivity contribution is 0.0981. The van der Waals surface area contributed by atoms with Crippen molar-refractivity contribution >= 4 is 5.78 Å². The van der Waals surface area contributed by atoms with E-state index >= 15 is 0 Å². The number of Topliss-reactive ketones (excluding diaryl/α,β-unsaturated/α-hetero) is 1. The molecule has 5 heteroatoms. The summed E-state index contributed by atoms with van der Waals surface area (Å²) in [5, 5.41) is 4.09. The van der Waals surface area contributed by atoms with E-state index in [1.165, 1.54) is 0 Å². The molecule has 5 nitrogen and oxygen atoms in total. The molecule has 1 aliphatic rings. The molecular weight excluding hydrogens is 256 g/mol. The molecule has 20 heavy (non-hydrogen) atoms. The van der Waals surface area contributed by atoms with Crippen molar-refractivity contribution in [2.24, 2.45) is 7.05 Å². The fourth-order valence-electron chi connectivity index (χ4n) is 2.25.